The summed E-state index contributed by atoms with van der Waals surface area (Å²) in [6.07, 6.45) is 0. The molecule has 0 aliphatic rings. The molecule has 2 aromatic rings. The Balaban J connectivity index is 2.39. The van der Waals surface area contributed by atoms with Crippen molar-refractivity contribution in [2.45, 2.75) is 39.1 Å². The molecule has 0 amide bonds. The van der Waals surface area contributed by atoms with Gasteiger partial charge in [0.15, 0.2) is 0 Å². The summed E-state index contributed by atoms with van der Waals surface area (Å²) in [5.74, 6) is -2.15. The largest absolute Gasteiger partial charge is 0.478 e. The zero-order valence-corrected chi connectivity index (χ0v) is 15.2. The lowest BCUT2D eigenvalue weighted by atomic mass is 10.2. The first-order valence-corrected chi connectivity index (χ1v) is 9.11. The van der Waals surface area contributed by atoms with Gasteiger partial charge in [0.2, 0.25) is 0 Å². The van der Waals surface area contributed by atoms with Crippen LogP contribution in [0, 0.1) is 25.6 Å². The van der Waals surface area contributed by atoms with Crippen LogP contribution in [-0.4, -0.2) is 29.3 Å². The SMILES string of the molecule is Cc1nn(CC(C)C)c(C)c1S(=O)(=O)Nc1ccc(C(=O)O)c(F)c1. The number of aryl methyl sites for hydroxylation is 1. The second-order valence-electron chi connectivity index (χ2n) is 6.18. The molecule has 0 unspecified atom stereocenters. The van der Waals surface area contributed by atoms with E-state index in [9.17, 15) is 17.6 Å². The number of aromatic carboxylic acids is 1. The first-order valence-electron chi connectivity index (χ1n) is 7.62. The zero-order valence-electron chi connectivity index (χ0n) is 14.4. The molecule has 136 valence electrons. The number of carboxylic acids is 1. The fraction of sp³-hybridized carbons (Fsp3) is 0.375. The molecule has 0 radical (unpaired) electrons. The number of sulfonamides is 1. The number of nitrogens with zero attached hydrogens (tertiary/aromatic N) is 2. The van der Waals surface area contributed by atoms with Crippen LogP contribution in [0.5, 0.6) is 0 Å². The minimum absolute atomic E-state index is 0.0378. The second kappa shape index (κ2) is 6.83. The van der Waals surface area contributed by atoms with Crippen LogP contribution in [0.25, 0.3) is 0 Å². The molecule has 0 bridgehead atoms. The lowest BCUT2D eigenvalue weighted by molar-refractivity contribution is 0.0692. The number of carbonyl (C=O) groups is 1. The molecule has 0 saturated carbocycles. The maximum atomic E-state index is 13.8. The second-order valence-corrected chi connectivity index (χ2v) is 7.80. The van der Waals surface area contributed by atoms with Gasteiger partial charge in [-0.2, -0.15) is 5.10 Å². The molecule has 0 spiro atoms. The summed E-state index contributed by atoms with van der Waals surface area (Å²) in [7, 11) is -3.99. The van der Waals surface area contributed by atoms with E-state index in [1.54, 1.807) is 18.5 Å². The van der Waals surface area contributed by atoms with Gasteiger partial charge in [-0.15, -0.1) is 0 Å². The number of aromatic nitrogens is 2. The van der Waals surface area contributed by atoms with Gasteiger partial charge in [-0.1, -0.05) is 13.8 Å². The molecule has 0 aliphatic carbocycles. The van der Waals surface area contributed by atoms with E-state index >= 15 is 0 Å². The zero-order chi connectivity index (χ0) is 18.9. The monoisotopic (exact) mass is 369 g/mol. The van der Waals surface area contributed by atoms with Crippen LogP contribution in [0.4, 0.5) is 10.1 Å². The Kier molecular flexibility index (Phi) is 5.17. The molecule has 0 aliphatic heterocycles. The lowest BCUT2D eigenvalue weighted by Crippen LogP contribution is -2.16. The van der Waals surface area contributed by atoms with Gasteiger partial charge in [0.25, 0.3) is 10.0 Å². The van der Waals surface area contributed by atoms with E-state index in [0.29, 0.717) is 23.9 Å². The van der Waals surface area contributed by atoms with E-state index < -0.39 is 27.4 Å². The number of halogens is 1. The highest BCUT2D eigenvalue weighted by Crippen LogP contribution is 2.24. The Hall–Kier alpha value is -2.42. The van der Waals surface area contributed by atoms with Crippen LogP contribution in [0.3, 0.4) is 0 Å². The third kappa shape index (κ3) is 3.98. The molecule has 25 heavy (non-hydrogen) atoms. The van der Waals surface area contributed by atoms with Crippen molar-refractivity contribution in [3.63, 3.8) is 0 Å². The molecule has 2 rings (SSSR count). The molecular formula is C16H20FN3O4S. The molecule has 7 nitrogen and oxygen atoms in total. The molecule has 0 atom stereocenters. The van der Waals surface area contributed by atoms with Crippen molar-refractivity contribution >= 4 is 21.7 Å². The minimum atomic E-state index is -3.99. The molecule has 1 heterocycles. The fourth-order valence-electron chi connectivity index (χ4n) is 2.55. The predicted molar refractivity (Wildman–Crippen MR) is 90.7 cm³/mol. The summed E-state index contributed by atoms with van der Waals surface area (Å²) in [5, 5.41) is 13.1. The number of benzene rings is 1. The molecule has 9 heteroatoms. The third-order valence-corrected chi connectivity index (χ3v) is 5.21. The van der Waals surface area contributed by atoms with E-state index in [4.69, 9.17) is 5.11 Å². The summed E-state index contributed by atoms with van der Waals surface area (Å²) in [6, 6.07) is 3.05. The van der Waals surface area contributed by atoms with Crippen LogP contribution in [-0.2, 0) is 16.6 Å². The van der Waals surface area contributed by atoms with E-state index in [1.807, 2.05) is 13.8 Å². The standard InChI is InChI=1S/C16H20FN3O4S/c1-9(2)8-20-11(4)15(10(3)18-20)25(23,24)19-12-5-6-13(16(21)22)14(17)7-12/h5-7,9,19H,8H2,1-4H3,(H,21,22). The summed E-state index contributed by atoms with van der Waals surface area (Å²) >= 11 is 0. The molecule has 1 aromatic heterocycles. The smallest absolute Gasteiger partial charge is 0.338 e. The maximum absolute atomic E-state index is 13.8. The van der Waals surface area contributed by atoms with Crippen LogP contribution in [0.2, 0.25) is 0 Å². The Morgan fingerprint density at radius 2 is 2.00 bits per heavy atom. The molecule has 0 fully saturated rings. The summed E-state index contributed by atoms with van der Waals surface area (Å²) in [4.78, 5) is 10.9. The van der Waals surface area contributed by atoms with Crippen molar-refractivity contribution in [1.29, 1.82) is 0 Å². The average molecular weight is 369 g/mol. The van der Waals surface area contributed by atoms with Gasteiger partial charge in [0.1, 0.15) is 10.7 Å². The van der Waals surface area contributed by atoms with Gasteiger partial charge in [0, 0.05) is 6.54 Å². The van der Waals surface area contributed by atoms with E-state index in [0.717, 1.165) is 12.1 Å². The topological polar surface area (TPSA) is 101 Å². The molecule has 0 saturated heterocycles. The Morgan fingerprint density at radius 1 is 1.36 bits per heavy atom. The van der Waals surface area contributed by atoms with Crippen molar-refractivity contribution < 1.29 is 22.7 Å². The van der Waals surface area contributed by atoms with Crippen LogP contribution in [0.15, 0.2) is 23.1 Å². The van der Waals surface area contributed by atoms with Crippen molar-refractivity contribution in [3.05, 3.63) is 41.0 Å². The highest BCUT2D eigenvalue weighted by molar-refractivity contribution is 7.92. The number of hydrogen-bond acceptors (Lipinski definition) is 4. The summed E-state index contributed by atoms with van der Waals surface area (Å²) in [6.45, 7) is 7.81. The van der Waals surface area contributed by atoms with Crippen LogP contribution < -0.4 is 4.72 Å². The number of carboxylic acid groups (broad SMARTS) is 1. The summed E-state index contributed by atoms with van der Waals surface area (Å²) < 4.78 is 43.0. The van der Waals surface area contributed by atoms with Gasteiger partial charge in [-0.05, 0) is 38.0 Å². The number of anilines is 1. The third-order valence-electron chi connectivity index (χ3n) is 3.57. The average Bonchev–Trinajstić information content (AvgIpc) is 2.72. The Bertz CT molecular complexity index is 920. The van der Waals surface area contributed by atoms with Crippen LogP contribution >= 0.6 is 0 Å². The highest BCUT2D eigenvalue weighted by Gasteiger charge is 2.25. The first-order chi connectivity index (χ1) is 11.5. The van der Waals surface area contributed by atoms with Gasteiger partial charge >= 0.3 is 5.97 Å². The maximum Gasteiger partial charge on any atom is 0.338 e. The number of nitrogens with one attached hydrogen (secondary N) is 1. The number of hydrogen-bond donors (Lipinski definition) is 2. The summed E-state index contributed by atoms with van der Waals surface area (Å²) in [5.41, 5.74) is 0.243. The van der Waals surface area contributed by atoms with Crippen molar-refractivity contribution in [2.75, 3.05) is 4.72 Å². The minimum Gasteiger partial charge on any atom is -0.478 e. The van der Waals surface area contributed by atoms with Crippen molar-refractivity contribution in [2.24, 2.45) is 5.92 Å². The molecule has 1 aromatic carbocycles. The lowest BCUT2D eigenvalue weighted by Gasteiger charge is -2.10. The number of rotatable bonds is 6. The predicted octanol–water partition coefficient (Wildman–Crippen LogP) is 2.79. The van der Waals surface area contributed by atoms with Crippen molar-refractivity contribution in [1.82, 2.24) is 9.78 Å². The Labute approximate surface area is 145 Å². The normalized spacial score (nSPS) is 11.8. The fourth-order valence-corrected chi connectivity index (χ4v) is 4.01. The Morgan fingerprint density at radius 3 is 2.52 bits per heavy atom. The quantitative estimate of drug-likeness (QED) is 0.815. The van der Waals surface area contributed by atoms with Gasteiger partial charge in [-0.3, -0.25) is 9.40 Å². The van der Waals surface area contributed by atoms with Crippen molar-refractivity contribution in [3.8, 4) is 0 Å². The highest BCUT2D eigenvalue weighted by atomic mass is 32.2. The van der Waals surface area contributed by atoms with Gasteiger partial charge in [-0.25, -0.2) is 17.6 Å². The van der Waals surface area contributed by atoms with E-state index in [1.165, 1.54) is 6.07 Å². The molecule has 2 N–H and O–H groups in total. The van der Waals surface area contributed by atoms with Gasteiger partial charge in [0.05, 0.1) is 22.6 Å². The first kappa shape index (κ1) is 18.9. The van der Waals surface area contributed by atoms with Crippen LogP contribution in [0.1, 0.15) is 35.6 Å². The van der Waals surface area contributed by atoms with Gasteiger partial charge < -0.3 is 5.11 Å². The van der Waals surface area contributed by atoms with E-state index in [-0.39, 0.29) is 10.6 Å². The molecular weight excluding hydrogens is 349 g/mol. The van der Waals surface area contributed by atoms with E-state index in [2.05, 4.69) is 9.82 Å².